The fraction of sp³-hybridized carbons (Fsp3) is 0.467. The summed E-state index contributed by atoms with van der Waals surface area (Å²) in [6.45, 7) is 0.293. The first-order chi connectivity index (χ1) is 10.2. The molecule has 0 aliphatic carbocycles. The van der Waals surface area contributed by atoms with Crippen LogP contribution in [0.2, 0.25) is 0 Å². The number of esters is 1. The molecule has 2 heterocycles. The molecule has 1 aliphatic rings. The van der Waals surface area contributed by atoms with E-state index in [-0.39, 0.29) is 18.5 Å². The number of likely N-dealkylation sites (tertiary alicyclic amines) is 1. The third-order valence-corrected chi connectivity index (χ3v) is 4.30. The largest absolute Gasteiger partial charge is 0.467 e. The Morgan fingerprint density at radius 2 is 2.33 bits per heavy atom. The number of nitrogens with zero attached hydrogens (tertiary/aromatic N) is 1. The lowest BCUT2D eigenvalue weighted by atomic mass is 10.0. The van der Waals surface area contributed by atoms with E-state index in [1.807, 2.05) is 0 Å². The first-order valence-corrected chi connectivity index (χ1v) is 7.63. The Bertz CT molecular complexity index is 584. The Kier molecular flexibility index (Phi) is 5.37. The molecule has 1 N–H and O–H groups in total. The normalized spacial score (nSPS) is 17.8. The van der Waals surface area contributed by atoms with Gasteiger partial charge in [-0.05, 0) is 30.7 Å². The van der Waals surface area contributed by atoms with E-state index < -0.39 is 6.04 Å². The van der Waals surface area contributed by atoms with E-state index in [4.69, 9.17) is 9.84 Å². The lowest BCUT2D eigenvalue weighted by molar-refractivity contribution is -0.147. The highest BCUT2D eigenvalue weighted by atomic mass is 32.1. The second-order valence-electron chi connectivity index (χ2n) is 4.66. The Morgan fingerprint density at radius 3 is 3.05 bits per heavy atom. The molecule has 1 amide bonds. The van der Waals surface area contributed by atoms with Gasteiger partial charge >= 0.3 is 5.97 Å². The van der Waals surface area contributed by atoms with E-state index in [0.717, 1.165) is 12.8 Å². The van der Waals surface area contributed by atoms with Crippen molar-refractivity contribution in [1.82, 2.24) is 4.90 Å². The van der Waals surface area contributed by atoms with Gasteiger partial charge in [-0.15, -0.1) is 11.3 Å². The van der Waals surface area contributed by atoms with Crippen LogP contribution in [0, 0.1) is 11.8 Å². The van der Waals surface area contributed by atoms with Crippen LogP contribution < -0.4 is 0 Å². The molecule has 1 saturated heterocycles. The maximum atomic E-state index is 12.7. The van der Waals surface area contributed by atoms with Crippen LogP contribution in [0.15, 0.2) is 11.4 Å². The summed E-state index contributed by atoms with van der Waals surface area (Å²) in [5.74, 6) is 4.75. The Balaban J connectivity index is 2.25. The summed E-state index contributed by atoms with van der Waals surface area (Å²) in [6, 6.07) is 1.23. The Labute approximate surface area is 127 Å². The molecule has 6 heteroatoms. The number of hydrogen-bond acceptors (Lipinski definition) is 5. The van der Waals surface area contributed by atoms with Gasteiger partial charge in [0.1, 0.15) is 17.5 Å². The maximum absolute atomic E-state index is 12.7. The average molecular weight is 307 g/mol. The van der Waals surface area contributed by atoms with Crippen LogP contribution in [0.1, 0.15) is 34.5 Å². The van der Waals surface area contributed by atoms with Crippen LogP contribution in [0.5, 0.6) is 0 Å². The van der Waals surface area contributed by atoms with Gasteiger partial charge in [-0.2, -0.15) is 0 Å². The molecule has 0 bridgehead atoms. The number of ether oxygens (including phenoxy) is 1. The molecule has 112 valence electrons. The summed E-state index contributed by atoms with van der Waals surface area (Å²) in [5, 5.41) is 10.5. The highest BCUT2D eigenvalue weighted by Gasteiger charge is 2.34. The summed E-state index contributed by atoms with van der Waals surface area (Å²) >= 11 is 1.30. The second kappa shape index (κ2) is 7.25. The molecule has 0 aromatic carbocycles. The van der Waals surface area contributed by atoms with E-state index >= 15 is 0 Å². The molecule has 1 aromatic heterocycles. The number of hydrogen-bond donors (Lipinski definition) is 1. The van der Waals surface area contributed by atoms with Gasteiger partial charge in [0, 0.05) is 12.1 Å². The number of carbonyl (C=O) groups excluding carboxylic acids is 2. The highest BCUT2D eigenvalue weighted by molar-refractivity contribution is 7.12. The van der Waals surface area contributed by atoms with Gasteiger partial charge in [-0.3, -0.25) is 4.79 Å². The quantitative estimate of drug-likeness (QED) is 0.660. The van der Waals surface area contributed by atoms with Crippen molar-refractivity contribution in [2.75, 3.05) is 20.3 Å². The first-order valence-electron chi connectivity index (χ1n) is 6.75. The van der Waals surface area contributed by atoms with E-state index in [1.165, 1.54) is 18.4 Å². The number of piperidine rings is 1. The zero-order valence-corrected chi connectivity index (χ0v) is 12.6. The Hall–Kier alpha value is -1.84. The lowest BCUT2D eigenvalue weighted by Gasteiger charge is -2.33. The number of aliphatic hydroxyl groups is 1. The molecular formula is C15H17NO4S. The molecule has 1 atom stereocenters. The topological polar surface area (TPSA) is 66.8 Å². The molecule has 0 radical (unpaired) electrons. The van der Waals surface area contributed by atoms with E-state index in [2.05, 4.69) is 11.8 Å². The lowest BCUT2D eigenvalue weighted by Crippen LogP contribution is -2.48. The molecule has 1 aliphatic heterocycles. The summed E-state index contributed by atoms with van der Waals surface area (Å²) < 4.78 is 4.79. The first kappa shape index (κ1) is 15.5. The van der Waals surface area contributed by atoms with E-state index in [9.17, 15) is 9.59 Å². The number of methoxy groups -OCH3 is 1. The smallest absolute Gasteiger partial charge is 0.328 e. The van der Waals surface area contributed by atoms with Crippen molar-refractivity contribution < 1.29 is 19.4 Å². The predicted molar refractivity (Wildman–Crippen MR) is 79.0 cm³/mol. The van der Waals surface area contributed by atoms with Crippen LogP contribution in [0.25, 0.3) is 0 Å². The van der Waals surface area contributed by atoms with Gasteiger partial charge in [0.15, 0.2) is 0 Å². The molecular weight excluding hydrogens is 290 g/mol. The SMILES string of the molecule is COC(=O)C1CCCCN1C(=O)c1sccc1C#CCO. The van der Waals surface area contributed by atoms with Gasteiger partial charge in [0.25, 0.3) is 5.91 Å². The van der Waals surface area contributed by atoms with Gasteiger partial charge in [0.05, 0.1) is 7.11 Å². The van der Waals surface area contributed by atoms with Crippen molar-refractivity contribution in [3.05, 3.63) is 21.9 Å². The predicted octanol–water partition coefficient (Wildman–Crippen LogP) is 1.26. The van der Waals surface area contributed by atoms with Crippen LogP contribution in [-0.2, 0) is 9.53 Å². The fourth-order valence-corrected chi connectivity index (χ4v) is 3.20. The highest BCUT2D eigenvalue weighted by Crippen LogP contribution is 2.24. The van der Waals surface area contributed by atoms with Gasteiger partial charge in [-0.25, -0.2) is 4.79 Å². The summed E-state index contributed by atoms with van der Waals surface area (Å²) in [7, 11) is 1.34. The maximum Gasteiger partial charge on any atom is 0.328 e. The molecule has 0 saturated carbocycles. The summed E-state index contributed by atoms with van der Waals surface area (Å²) in [6.07, 6.45) is 2.41. The monoisotopic (exact) mass is 307 g/mol. The number of thiophene rings is 1. The second-order valence-corrected chi connectivity index (χ2v) is 5.57. The van der Waals surface area contributed by atoms with Crippen LogP contribution in [0.3, 0.4) is 0 Å². The van der Waals surface area contributed by atoms with Crippen molar-refractivity contribution in [2.45, 2.75) is 25.3 Å². The zero-order valence-electron chi connectivity index (χ0n) is 11.8. The third kappa shape index (κ3) is 3.43. The number of carbonyl (C=O) groups is 2. The number of amides is 1. The van der Waals surface area contributed by atoms with E-state index in [1.54, 1.807) is 16.3 Å². The number of aliphatic hydroxyl groups excluding tert-OH is 1. The van der Waals surface area contributed by atoms with Crippen LogP contribution >= 0.6 is 11.3 Å². The minimum Gasteiger partial charge on any atom is -0.467 e. The molecule has 1 fully saturated rings. The molecule has 2 rings (SSSR count). The Morgan fingerprint density at radius 1 is 1.52 bits per heavy atom. The molecule has 1 aromatic rings. The van der Waals surface area contributed by atoms with Crippen molar-refractivity contribution in [3.8, 4) is 11.8 Å². The van der Waals surface area contributed by atoms with Gasteiger partial charge < -0.3 is 14.7 Å². The van der Waals surface area contributed by atoms with Crippen molar-refractivity contribution in [3.63, 3.8) is 0 Å². The van der Waals surface area contributed by atoms with Crippen LogP contribution in [0.4, 0.5) is 0 Å². The average Bonchev–Trinajstić information content (AvgIpc) is 2.99. The fourth-order valence-electron chi connectivity index (χ4n) is 2.39. The van der Waals surface area contributed by atoms with Gasteiger partial charge in [-0.1, -0.05) is 11.8 Å². The minimum absolute atomic E-state index is 0.192. The van der Waals surface area contributed by atoms with Crippen molar-refractivity contribution in [1.29, 1.82) is 0 Å². The summed E-state index contributed by atoms with van der Waals surface area (Å²) in [4.78, 5) is 26.6. The van der Waals surface area contributed by atoms with Gasteiger partial charge in [0.2, 0.25) is 0 Å². The minimum atomic E-state index is -0.517. The molecule has 21 heavy (non-hydrogen) atoms. The zero-order chi connectivity index (χ0) is 15.2. The van der Waals surface area contributed by atoms with Crippen molar-refractivity contribution >= 4 is 23.2 Å². The van der Waals surface area contributed by atoms with Crippen LogP contribution in [-0.4, -0.2) is 48.2 Å². The third-order valence-electron chi connectivity index (χ3n) is 3.40. The summed E-state index contributed by atoms with van der Waals surface area (Å²) in [5.41, 5.74) is 0.591. The molecule has 1 unspecified atom stereocenters. The van der Waals surface area contributed by atoms with Crippen molar-refractivity contribution in [2.24, 2.45) is 0 Å². The standard InChI is InChI=1S/C15H17NO4S/c1-20-15(19)12-6-2-3-8-16(12)14(18)13-11(5-4-9-17)7-10-21-13/h7,10,12,17H,2-3,6,8-9H2,1H3. The number of rotatable bonds is 2. The van der Waals surface area contributed by atoms with E-state index in [0.29, 0.717) is 23.4 Å². The molecule has 5 nitrogen and oxygen atoms in total. The molecule has 0 spiro atoms.